The lowest BCUT2D eigenvalue weighted by molar-refractivity contribution is 0.0952. The number of carbonyl (C=O) groups excluding carboxylic acids is 1. The zero-order chi connectivity index (χ0) is 9.68. The summed E-state index contributed by atoms with van der Waals surface area (Å²) >= 11 is 1.25. The number of nitrogens with one attached hydrogen (secondary N) is 2. The lowest BCUT2D eigenvalue weighted by Gasteiger charge is -1.97. The van der Waals surface area contributed by atoms with Crippen molar-refractivity contribution in [3.8, 4) is 0 Å². The van der Waals surface area contributed by atoms with Gasteiger partial charge in [-0.1, -0.05) is 18.3 Å². The van der Waals surface area contributed by atoms with Gasteiger partial charge in [0, 0.05) is 13.6 Å². The van der Waals surface area contributed by atoms with Crippen molar-refractivity contribution >= 4 is 22.4 Å². The number of carbonyl (C=O) groups is 1. The summed E-state index contributed by atoms with van der Waals surface area (Å²) in [7, 11) is 1.74. The van der Waals surface area contributed by atoms with E-state index in [9.17, 15) is 4.79 Å². The van der Waals surface area contributed by atoms with E-state index in [1.165, 1.54) is 11.3 Å². The summed E-state index contributed by atoms with van der Waals surface area (Å²) in [5, 5.41) is 14.1. The largest absolute Gasteiger partial charge is 0.363 e. The number of amides is 1. The normalized spacial score (nSPS) is 9.69. The van der Waals surface area contributed by atoms with Gasteiger partial charge in [-0.05, 0) is 6.42 Å². The molecule has 0 spiro atoms. The van der Waals surface area contributed by atoms with Gasteiger partial charge in [0.15, 0.2) is 0 Å². The van der Waals surface area contributed by atoms with E-state index in [1.807, 2.05) is 6.92 Å². The Bertz CT molecular complexity index is 286. The fourth-order valence-electron chi connectivity index (χ4n) is 0.730. The molecule has 1 rings (SSSR count). The van der Waals surface area contributed by atoms with Crippen molar-refractivity contribution in [2.75, 3.05) is 18.9 Å². The predicted molar refractivity (Wildman–Crippen MR) is 52.1 cm³/mol. The summed E-state index contributed by atoms with van der Waals surface area (Å²) in [5.74, 6) is -0.152. The molecule has 13 heavy (non-hydrogen) atoms. The van der Waals surface area contributed by atoms with Gasteiger partial charge in [0.2, 0.25) is 10.1 Å². The number of anilines is 1. The van der Waals surface area contributed by atoms with Crippen LogP contribution in [0, 0.1) is 0 Å². The maximum absolute atomic E-state index is 11.3. The van der Waals surface area contributed by atoms with E-state index in [1.54, 1.807) is 7.05 Å². The second kappa shape index (κ2) is 4.76. The van der Waals surface area contributed by atoms with Crippen LogP contribution in [0.1, 0.15) is 23.1 Å². The molecule has 1 aromatic heterocycles. The van der Waals surface area contributed by atoms with E-state index in [0.29, 0.717) is 16.7 Å². The zero-order valence-corrected chi connectivity index (χ0v) is 8.44. The summed E-state index contributed by atoms with van der Waals surface area (Å²) in [6, 6.07) is 0. The van der Waals surface area contributed by atoms with Gasteiger partial charge in [-0.2, -0.15) is 0 Å². The molecule has 0 aliphatic rings. The third kappa shape index (κ3) is 2.66. The number of hydrogen-bond donors (Lipinski definition) is 2. The minimum absolute atomic E-state index is 0.152. The van der Waals surface area contributed by atoms with E-state index in [0.717, 1.165) is 6.42 Å². The van der Waals surface area contributed by atoms with Gasteiger partial charge in [-0.25, -0.2) is 0 Å². The molecule has 1 amide bonds. The molecular weight excluding hydrogens is 188 g/mol. The summed E-state index contributed by atoms with van der Waals surface area (Å²) in [6.45, 7) is 2.67. The average Bonchev–Trinajstić information content (AvgIpc) is 2.62. The van der Waals surface area contributed by atoms with Crippen molar-refractivity contribution in [3.63, 3.8) is 0 Å². The molecule has 0 atom stereocenters. The molecule has 0 saturated carbocycles. The molecule has 0 radical (unpaired) electrons. The first-order valence-corrected chi connectivity index (χ1v) is 4.89. The van der Waals surface area contributed by atoms with Crippen LogP contribution in [-0.2, 0) is 0 Å². The van der Waals surface area contributed by atoms with E-state index in [2.05, 4.69) is 20.8 Å². The van der Waals surface area contributed by atoms with Gasteiger partial charge >= 0.3 is 0 Å². The van der Waals surface area contributed by atoms with Crippen molar-refractivity contribution < 1.29 is 4.79 Å². The highest BCUT2D eigenvalue weighted by molar-refractivity contribution is 7.17. The Balaban J connectivity index is 2.55. The maximum Gasteiger partial charge on any atom is 0.282 e. The van der Waals surface area contributed by atoms with E-state index < -0.39 is 0 Å². The Hall–Kier alpha value is -1.17. The van der Waals surface area contributed by atoms with Gasteiger partial charge < -0.3 is 10.6 Å². The lowest BCUT2D eigenvalue weighted by atomic mass is 10.5. The van der Waals surface area contributed by atoms with Crippen molar-refractivity contribution in [3.05, 3.63) is 5.01 Å². The van der Waals surface area contributed by atoms with Crippen LogP contribution >= 0.6 is 11.3 Å². The standard InChI is InChI=1S/C7H12N4OS/c1-3-4-9-5(12)6-10-11-7(8-2)13-6/h3-4H2,1-2H3,(H,8,11)(H,9,12). The maximum atomic E-state index is 11.3. The Morgan fingerprint density at radius 3 is 2.85 bits per heavy atom. The second-order valence-corrected chi connectivity index (χ2v) is 3.40. The molecule has 0 aliphatic carbocycles. The quantitative estimate of drug-likeness (QED) is 0.751. The highest BCUT2D eigenvalue weighted by Crippen LogP contribution is 2.13. The van der Waals surface area contributed by atoms with E-state index in [4.69, 9.17) is 0 Å². The highest BCUT2D eigenvalue weighted by atomic mass is 32.1. The fourth-order valence-corrected chi connectivity index (χ4v) is 1.34. The van der Waals surface area contributed by atoms with E-state index >= 15 is 0 Å². The van der Waals surface area contributed by atoms with Gasteiger partial charge in [-0.15, -0.1) is 10.2 Å². The number of aromatic nitrogens is 2. The first kappa shape index (κ1) is 9.91. The second-order valence-electron chi connectivity index (χ2n) is 2.42. The minimum Gasteiger partial charge on any atom is -0.363 e. The van der Waals surface area contributed by atoms with E-state index in [-0.39, 0.29) is 5.91 Å². The van der Waals surface area contributed by atoms with Crippen LogP contribution < -0.4 is 10.6 Å². The molecule has 1 aromatic rings. The third-order valence-corrected chi connectivity index (χ3v) is 2.31. The van der Waals surface area contributed by atoms with Gasteiger partial charge in [0.1, 0.15) is 0 Å². The highest BCUT2D eigenvalue weighted by Gasteiger charge is 2.10. The van der Waals surface area contributed by atoms with Crippen LogP contribution in [0.25, 0.3) is 0 Å². The molecular formula is C7H12N4OS. The van der Waals surface area contributed by atoms with Crippen LogP contribution in [0.5, 0.6) is 0 Å². The topological polar surface area (TPSA) is 66.9 Å². The van der Waals surface area contributed by atoms with Crippen molar-refractivity contribution in [2.24, 2.45) is 0 Å². The molecule has 0 fully saturated rings. The Kier molecular flexibility index (Phi) is 3.63. The molecule has 0 saturated heterocycles. The van der Waals surface area contributed by atoms with Gasteiger partial charge in [0.05, 0.1) is 0 Å². The molecule has 0 bridgehead atoms. The lowest BCUT2D eigenvalue weighted by Crippen LogP contribution is -2.23. The SMILES string of the molecule is CCCNC(=O)c1nnc(NC)s1. The molecule has 2 N–H and O–H groups in total. The minimum atomic E-state index is -0.152. The van der Waals surface area contributed by atoms with Gasteiger partial charge in [0.25, 0.3) is 5.91 Å². The number of nitrogens with zero attached hydrogens (tertiary/aromatic N) is 2. The Morgan fingerprint density at radius 2 is 2.31 bits per heavy atom. The number of hydrogen-bond acceptors (Lipinski definition) is 5. The first-order chi connectivity index (χ1) is 6.27. The van der Waals surface area contributed by atoms with Crippen LogP contribution in [0.4, 0.5) is 5.13 Å². The summed E-state index contributed by atoms with van der Waals surface area (Å²) < 4.78 is 0. The smallest absolute Gasteiger partial charge is 0.282 e. The predicted octanol–water partition coefficient (Wildman–Crippen LogP) is 0.720. The monoisotopic (exact) mass is 200 g/mol. The summed E-state index contributed by atoms with van der Waals surface area (Å²) in [4.78, 5) is 11.3. The van der Waals surface area contributed by atoms with Crippen LogP contribution in [-0.4, -0.2) is 29.7 Å². The molecule has 0 aliphatic heterocycles. The van der Waals surface area contributed by atoms with Crippen LogP contribution in [0.2, 0.25) is 0 Å². The molecule has 0 aromatic carbocycles. The molecule has 5 nitrogen and oxygen atoms in total. The first-order valence-electron chi connectivity index (χ1n) is 4.07. The Morgan fingerprint density at radius 1 is 1.54 bits per heavy atom. The molecule has 6 heteroatoms. The van der Waals surface area contributed by atoms with Crippen LogP contribution in [0.3, 0.4) is 0 Å². The van der Waals surface area contributed by atoms with Crippen molar-refractivity contribution in [1.29, 1.82) is 0 Å². The molecule has 72 valence electrons. The zero-order valence-electron chi connectivity index (χ0n) is 7.63. The van der Waals surface area contributed by atoms with Crippen molar-refractivity contribution in [2.45, 2.75) is 13.3 Å². The summed E-state index contributed by atoms with van der Waals surface area (Å²) in [5.41, 5.74) is 0. The fraction of sp³-hybridized carbons (Fsp3) is 0.571. The number of rotatable bonds is 4. The molecule has 0 unspecified atom stereocenters. The van der Waals surface area contributed by atoms with Gasteiger partial charge in [-0.3, -0.25) is 4.79 Å². The average molecular weight is 200 g/mol. The summed E-state index contributed by atoms with van der Waals surface area (Å²) in [6.07, 6.45) is 0.920. The van der Waals surface area contributed by atoms with Crippen molar-refractivity contribution in [1.82, 2.24) is 15.5 Å². The third-order valence-electron chi connectivity index (χ3n) is 1.37. The Labute approximate surface area is 80.6 Å². The van der Waals surface area contributed by atoms with Crippen LogP contribution in [0.15, 0.2) is 0 Å². The molecule has 1 heterocycles.